The van der Waals surface area contributed by atoms with Crippen molar-refractivity contribution in [2.45, 2.75) is 46.1 Å². The number of hydrogen-bond donors (Lipinski definition) is 1. The molecule has 0 bridgehead atoms. The van der Waals surface area contributed by atoms with E-state index in [4.69, 9.17) is 4.74 Å². The maximum atomic E-state index is 5.60. The van der Waals surface area contributed by atoms with Gasteiger partial charge in [0, 0.05) is 18.6 Å². The molecule has 0 spiro atoms. The molecular weight excluding hydrogens is 234 g/mol. The average Bonchev–Trinajstić information content (AvgIpc) is 2.98. The fraction of sp³-hybridized carbons (Fsp3) is 0.647. The van der Waals surface area contributed by atoms with Crippen molar-refractivity contribution < 1.29 is 4.74 Å². The van der Waals surface area contributed by atoms with Crippen LogP contribution >= 0.6 is 0 Å². The molecule has 0 radical (unpaired) electrons. The Morgan fingerprint density at radius 3 is 2.68 bits per heavy atom. The third kappa shape index (κ3) is 3.37. The van der Waals surface area contributed by atoms with Crippen LogP contribution in [-0.2, 0) is 17.6 Å². The maximum absolute atomic E-state index is 5.60. The van der Waals surface area contributed by atoms with Gasteiger partial charge in [0.15, 0.2) is 0 Å². The standard InChI is InChI=1S/C17H27NO/c1-4-13-7-8-14(5-2)16(11-13)17(18-6-3)15-9-10-19-12-15/h7-8,11,15,17-18H,4-6,9-10,12H2,1-3H3. The molecule has 1 aliphatic rings. The van der Waals surface area contributed by atoms with Gasteiger partial charge in [0.2, 0.25) is 0 Å². The van der Waals surface area contributed by atoms with Gasteiger partial charge in [-0.2, -0.15) is 0 Å². The molecule has 2 unspecified atom stereocenters. The van der Waals surface area contributed by atoms with Crippen LogP contribution in [0.3, 0.4) is 0 Å². The summed E-state index contributed by atoms with van der Waals surface area (Å²) in [4.78, 5) is 0. The summed E-state index contributed by atoms with van der Waals surface area (Å²) in [6.45, 7) is 9.50. The number of ether oxygens (including phenoxy) is 1. The van der Waals surface area contributed by atoms with Crippen LogP contribution in [0.25, 0.3) is 0 Å². The second-order valence-corrected chi connectivity index (χ2v) is 5.40. The molecule has 0 saturated carbocycles. The summed E-state index contributed by atoms with van der Waals surface area (Å²) >= 11 is 0. The van der Waals surface area contributed by atoms with E-state index in [1.807, 2.05) is 0 Å². The molecule has 1 N–H and O–H groups in total. The quantitative estimate of drug-likeness (QED) is 0.846. The first kappa shape index (κ1) is 14.5. The zero-order valence-corrected chi connectivity index (χ0v) is 12.5. The Balaban J connectivity index is 2.32. The van der Waals surface area contributed by atoms with Gasteiger partial charge >= 0.3 is 0 Å². The lowest BCUT2D eigenvalue weighted by molar-refractivity contribution is 0.177. The van der Waals surface area contributed by atoms with Crippen LogP contribution in [0.1, 0.15) is 49.9 Å². The average molecular weight is 261 g/mol. The molecule has 1 saturated heterocycles. The molecule has 2 rings (SSSR count). The maximum Gasteiger partial charge on any atom is 0.0513 e. The number of hydrogen-bond acceptors (Lipinski definition) is 2. The summed E-state index contributed by atoms with van der Waals surface area (Å²) in [5, 5.41) is 3.69. The van der Waals surface area contributed by atoms with E-state index in [1.165, 1.54) is 23.1 Å². The molecule has 2 nitrogen and oxygen atoms in total. The van der Waals surface area contributed by atoms with Crippen LogP contribution in [0, 0.1) is 5.92 Å². The van der Waals surface area contributed by atoms with Crippen LogP contribution in [0.2, 0.25) is 0 Å². The topological polar surface area (TPSA) is 21.3 Å². The van der Waals surface area contributed by atoms with Gasteiger partial charge in [0.05, 0.1) is 6.61 Å². The van der Waals surface area contributed by atoms with E-state index in [9.17, 15) is 0 Å². The molecule has 106 valence electrons. The van der Waals surface area contributed by atoms with Crippen molar-refractivity contribution in [2.24, 2.45) is 5.92 Å². The molecule has 1 aliphatic heterocycles. The Morgan fingerprint density at radius 1 is 1.26 bits per heavy atom. The van der Waals surface area contributed by atoms with Gasteiger partial charge < -0.3 is 10.1 Å². The third-order valence-corrected chi connectivity index (χ3v) is 4.19. The molecule has 0 aromatic heterocycles. The van der Waals surface area contributed by atoms with E-state index in [-0.39, 0.29) is 0 Å². The SMILES string of the molecule is CCNC(c1cc(CC)ccc1CC)C1CCOC1. The van der Waals surface area contributed by atoms with Crippen molar-refractivity contribution >= 4 is 0 Å². The van der Waals surface area contributed by atoms with Crippen LogP contribution < -0.4 is 5.32 Å². The van der Waals surface area contributed by atoms with Crippen LogP contribution in [0.4, 0.5) is 0 Å². The van der Waals surface area contributed by atoms with E-state index in [0.29, 0.717) is 12.0 Å². The smallest absolute Gasteiger partial charge is 0.0513 e. The molecule has 0 aliphatic carbocycles. The Hall–Kier alpha value is -0.860. The Kier molecular flexibility index (Phi) is 5.41. The predicted molar refractivity (Wildman–Crippen MR) is 80.5 cm³/mol. The first-order valence-corrected chi connectivity index (χ1v) is 7.72. The summed E-state index contributed by atoms with van der Waals surface area (Å²) in [6, 6.07) is 7.45. The van der Waals surface area contributed by atoms with Gasteiger partial charge in [-0.05, 0) is 42.5 Å². The fourth-order valence-electron chi connectivity index (χ4n) is 3.04. The van der Waals surface area contributed by atoms with E-state index < -0.39 is 0 Å². The number of rotatable bonds is 6. The number of benzene rings is 1. The number of aryl methyl sites for hydroxylation is 2. The van der Waals surface area contributed by atoms with E-state index in [1.54, 1.807) is 0 Å². The summed E-state index contributed by atoms with van der Waals surface area (Å²) in [7, 11) is 0. The number of nitrogens with one attached hydrogen (secondary N) is 1. The minimum absolute atomic E-state index is 0.453. The monoisotopic (exact) mass is 261 g/mol. The third-order valence-electron chi connectivity index (χ3n) is 4.19. The van der Waals surface area contributed by atoms with Crippen molar-refractivity contribution in [1.82, 2.24) is 5.32 Å². The summed E-state index contributed by atoms with van der Waals surface area (Å²) in [5.74, 6) is 0.623. The highest BCUT2D eigenvalue weighted by atomic mass is 16.5. The van der Waals surface area contributed by atoms with Gasteiger partial charge in [-0.3, -0.25) is 0 Å². The lowest BCUT2D eigenvalue weighted by atomic mass is 9.87. The van der Waals surface area contributed by atoms with Crippen LogP contribution in [0.15, 0.2) is 18.2 Å². The van der Waals surface area contributed by atoms with Gasteiger partial charge in [0.1, 0.15) is 0 Å². The molecule has 1 heterocycles. The normalized spacial score (nSPS) is 20.7. The lowest BCUT2D eigenvalue weighted by Gasteiger charge is -2.26. The second kappa shape index (κ2) is 7.06. The highest BCUT2D eigenvalue weighted by Gasteiger charge is 2.27. The van der Waals surface area contributed by atoms with E-state index in [0.717, 1.165) is 32.6 Å². The summed E-state index contributed by atoms with van der Waals surface area (Å²) < 4.78 is 5.60. The first-order valence-electron chi connectivity index (χ1n) is 7.72. The van der Waals surface area contributed by atoms with Crippen molar-refractivity contribution in [3.63, 3.8) is 0 Å². The van der Waals surface area contributed by atoms with Crippen LogP contribution in [-0.4, -0.2) is 19.8 Å². The summed E-state index contributed by atoms with van der Waals surface area (Å²) in [5.41, 5.74) is 4.42. The zero-order chi connectivity index (χ0) is 13.7. The molecule has 1 aromatic carbocycles. The van der Waals surface area contributed by atoms with Crippen LogP contribution in [0.5, 0.6) is 0 Å². The van der Waals surface area contributed by atoms with Crippen molar-refractivity contribution in [1.29, 1.82) is 0 Å². The molecule has 1 aromatic rings. The first-order chi connectivity index (χ1) is 9.30. The predicted octanol–water partition coefficient (Wildman–Crippen LogP) is 3.50. The fourth-order valence-corrected chi connectivity index (χ4v) is 3.04. The minimum atomic E-state index is 0.453. The molecule has 19 heavy (non-hydrogen) atoms. The van der Waals surface area contributed by atoms with Crippen molar-refractivity contribution in [2.75, 3.05) is 19.8 Å². The van der Waals surface area contributed by atoms with Crippen molar-refractivity contribution in [3.05, 3.63) is 34.9 Å². The molecule has 0 amide bonds. The lowest BCUT2D eigenvalue weighted by Crippen LogP contribution is -2.29. The minimum Gasteiger partial charge on any atom is -0.381 e. The molecule has 2 atom stereocenters. The van der Waals surface area contributed by atoms with Gasteiger partial charge in [-0.15, -0.1) is 0 Å². The van der Waals surface area contributed by atoms with Crippen molar-refractivity contribution in [3.8, 4) is 0 Å². The summed E-state index contributed by atoms with van der Waals surface area (Å²) in [6.07, 6.45) is 3.39. The van der Waals surface area contributed by atoms with E-state index >= 15 is 0 Å². The van der Waals surface area contributed by atoms with Gasteiger partial charge in [-0.25, -0.2) is 0 Å². The highest BCUT2D eigenvalue weighted by molar-refractivity contribution is 5.35. The van der Waals surface area contributed by atoms with E-state index in [2.05, 4.69) is 44.3 Å². The molecule has 1 fully saturated rings. The zero-order valence-electron chi connectivity index (χ0n) is 12.5. The molecule has 2 heteroatoms. The Morgan fingerprint density at radius 2 is 2.11 bits per heavy atom. The van der Waals surface area contributed by atoms with Gasteiger partial charge in [-0.1, -0.05) is 39.0 Å². The largest absolute Gasteiger partial charge is 0.381 e. The Labute approximate surface area is 117 Å². The highest BCUT2D eigenvalue weighted by Crippen LogP contribution is 2.31. The second-order valence-electron chi connectivity index (χ2n) is 5.40. The molecular formula is C17H27NO. The van der Waals surface area contributed by atoms with Gasteiger partial charge in [0.25, 0.3) is 0 Å². The Bertz CT molecular complexity index is 396.